The zero-order chi connectivity index (χ0) is 13.2. The van der Waals surface area contributed by atoms with Crippen molar-refractivity contribution < 1.29 is 8.42 Å². The van der Waals surface area contributed by atoms with E-state index >= 15 is 0 Å². The lowest BCUT2D eigenvalue weighted by Crippen LogP contribution is -2.25. The van der Waals surface area contributed by atoms with Gasteiger partial charge in [0.05, 0.1) is 22.3 Å². The molecular weight excluding hydrogens is 272 g/mol. The van der Waals surface area contributed by atoms with Crippen LogP contribution in [0.25, 0.3) is 0 Å². The van der Waals surface area contributed by atoms with Gasteiger partial charge in [0.25, 0.3) is 0 Å². The highest BCUT2D eigenvalue weighted by molar-refractivity contribution is 7.92. The van der Waals surface area contributed by atoms with Crippen molar-refractivity contribution in [3.63, 3.8) is 0 Å². The first-order chi connectivity index (χ1) is 8.53. The lowest BCUT2D eigenvalue weighted by molar-refractivity contribution is 0.591. The first kappa shape index (κ1) is 13.2. The second kappa shape index (κ2) is 5.17. The van der Waals surface area contributed by atoms with Crippen LogP contribution in [0.4, 0.5) is 5.69 Å². The van der Waals surface area contributed by atoms with Crippen LogP contribution in [0.2, 0.25) is 5.02 Å². The van der Waals surface area contributed by atoms with Gasteiger partial charge in [0.2, 0.25) is 0 Å². The third-order valence-corrected chi connectivity index (χ3v) is 5.60. The quantitative estimate of drug-likeness (QED) is 0.924. The molecule has 0 amide bonds. The first-order valence-corrected chi connectivity index (χ1v) is 7.77. The Balaban J connectivity index is 2.10. The summed E-state index contributed by atoms with van der Waals surface area (Å²) in [5.74, 6) is 0.269. The topological polar surface area (TPSA) is 70.0 Å². The molecule has 0 aromatic heterocycles. The Kier molecular flexibility index (Phi) is 3.79. The summed E-state index contributed by atoms with van der Waals surface area (Å²) in [6, 6.07) is 6.97. The van der Waals surface area contributed by atoms with Gasteiger partial charge in [-0.05, 0) is 31.0 Å². The Labute approximate surface area is 111 Å². The van der Waals surface area contributed by atoms with E-state index in [1.807, 2.05) is 6.07 Å². The molecule has 96 valence electrons. The van der Waals surface area contributed by atoms with Crippen molar-refractivity contribution in [2.45, 2.75) is 18.1 Å². The molecule has 1 saturated heterocycles. The van der Waals surface area contributed by atoms with Crippen LogP contribution >= 0.6 is 11.6 Å². The number of halogens is 1. The van der Waals surface area contributed by atoms with Gasteiger partial charge in [0.1, 0.15) is 6.07 Å². The van der Waals surface area contributed by atoms with Crippen LogP contribution in [0.3, 0.4) is 0 Å². The maximum atomic E-state index is 11.7. The molecule has 1 fully saturated rings. The predicted molar refractivity (Wildman–Crippen MR) is 71.5 cm³/mol. The molecule has 0 bridgehead atoms. The third-order valence-electron chi connectivity index (χ3n) is 3.09. The SMILES string of the molecule is N#Cc1cc(Cl)ccc1NCC1CCCS1(=O)=O. The lowest BCUT2D eigenvalue weighted by atomic mass is 10.2. The summed E-state index contributed by atoms with van der Waals surface area (Å²) < 4.78 is 23.3. The molecule has 4 nitrogen and oxygen atoms in total. The second-order valence-electron chi connectivity index (χ2n) is 4.31. The van der Waals surface area contributed by atoms with E-state index in [-0.39, 0.29) is 11.0 Å². The molecule has 1 N–H and O–H groups in total. The average molecular weight is 285 g/mol. The zero-order valence-electron chi connectivity index (χ0n) is 9.69. The second-order valence-corrected chi connectivity index (χ2v) is 7.15. The van der Waals surface area contributed by atoms with Crippen LogP contribution in [0.1, 0.15) is 18.4 Å². The summed E-state index contributed by atoms with van der Waals surface area (Å²) in [7, 11) is -2.96. The highest BCUT2D eigenvalue weighted by Crippen LogP contribution is 2.23. The maximum absolute atomic E-state index is 11.7. The summed E-state index contributed by atoms with van der Waals surface area (Å²) in [6.45, 7) is 0.346. The van der Waals surface area contributed by atoms with Gasteiger partial charge in [-0.1, -0.05) is 11.6 Å². The predicted octanol–water partition coefficient (Wildman–Crippen LogP) is 2.20. The fourth-order valence-corrected chi connectivity index (χ4v) is 4.01. The number of hydrogen-bond acceptors (Lipinski definition) is 4. The van der Waals surface area contributed by atoms with E-state index < -0.39 is 9.84 Å². The summed E-state index contributed by atoms with van der Waals surface area (Å²) in [6.07, 6.45) is 1.41. The monoisotopic (exact) mass is 284 g/mol. The molecule has 18 heavy (non-hydrogen) atoms. The van der Waals surface area contributed by atoms with Gasteiger partial charge in [0, 0.05) is 11.6 Å². The van der Waals surface area contributed by atoms with Crippen molar-refractivity contribution in [3.8, 4) is 6.07 Å². The van der Waals surface area contributed by atoms with Crippen LogP contribution < -0.4 is 5.32 Å². The molecule has 1 aromatic rings. The number of hydrogen-bond donors (Lipinski definition) is 1. The molecule has 1 aromatic carbocycles. The third kappa shape index (κ3) is 2.77. The van der Waals surface area contributed by atoms with Crippen molar-refractivity contribution in [1.82, 2.24) is 0 Å². The van der Waals surface area contributed by atoms with E-state index in [0.717, 1.165) is 6.42 Å². The molecule has 0 saturated carbocycles. The Bertz CT molecular complexity index is 593. The van der Waals surface area contributed by atoms with Crippen LogP contribution in [0.5, 0.6) is 0 Å². The molecule has 1 aliphatic rings. The average Bonchev–Trinajstić information content (AvgIpc) is 2.66. The molecule has 0 radical (unpaired) electrons. The molecule has 1 atom stereocenters. The molecule has 0 spiro atoms. The maximum Gasteiger partial charge on any atom is 0.154 e. The molecule has 1 heterocycles. The first-order valence-electron chi connectivity index (χ1n) is 5.68. The van der Waals surface area contributed by atoms with Crippen molar-refractivity contribution in [2.75, 3.05) is 17.6 Å². The highest BCUT2D eigenvalue weighted by Gasteiger charge is 2.30. The van der Waals surface area contributed by atoms with Crippen LogP contribution in [0.15, 0.2) is 18.2 Å². The van der Waals surface area contributed by atoms with Gasteiger partial charge in [-0.15, -0.1) is 0 Å². The minimum absolute atomic E-state index is 0.269. The number of rotatable bonds is 3. The summed E-state index contributed by atoms with van der Waals surface area (Å²) in [5.41, 5.74) is 1.06. The fourth-order valence-electron chi connectivity index (χ4n) is 2.07. The van der Waals surface area contributed by atoms with Gasteiger partial charge in [-0.25, -0.2) is 8.42 Å². The summed E-state index contributed by atoms with van der Waals surface area (Å²) >= 11 is 5.79. The smallest absolute Gasteiger partial charge is 0.154 e. The Morgan fingerprint density at radius 3 is 2.89 bits per heavy atom. The Morgan fingerprint density at radius 2 is 2.28 bits per heavy atom. The van der Waals surface area contributed by atoms with Crippen LogP contribution in [-0.2, 0) is 9.84 Å². The molecule has 1 unspecified atom stereocenters. The number of benzene rings is 1. The number of nitrogens with one attached hydrogen (secondary N) is 1. The van der Waals surface area contributed by atoms with Gasteiger partial charge in [-0.3, -0.25) is 0 Å². The van der Waals surface area contributed by atoms with Crippen molar-refractivity contribution in [3.05, 3.63) is 28.8 Å². The molecule has 1 aliphatic heterocycles. The molecule has 0 aliphatic carbocycles. The lowest BCUT2D eigenvalue weighted by Gasteiger charge is -2.13. The summed E-state index contributed by atoms with van der Waals surface area (Å²) in [5, 5.41) is 12.1. The minimum atomic E-state index is -2.96. The van der Waals surface area contributed by atoms with E-state index in [1.165, 1.54) is 0 Å². The number of nitrogens with zero attached hydrogens (tertiary/aromatic N) is 1. The standard InChI is InChI=1S/C12H13ClN2O2S/c13-10-3-4-12(9(6-10)7-14)15-8-11-2-1-5-18(11,16)17/h3-4,6,11,15H,1-2,5,8H2. The van der Waals surface area contributed by atoms with Crippen molar-refractivity contribution in [1.29, 1.82) is 5.26 Å². The largest absolute Gasteiger partial charge is 0.383 e. The minimum Gasteiger partial charge on any atom is -0.383 e. The van der Waals surface area contributed by atoms with Crippen LogP contribution in [0, 0.1) is 11.3 Å². The van der Waals surface area contributed by atoms with Crippen LogP contribution in [-0.4, -0.2) is 26.0 Å². The van der Waals surface area contributed by atoms with Gasteiger partial charge >= 0.3 is 0 Å². The van der Waals surface area contributed by atoms with E-state index in [0.29, 0.717) is 29.2 Å². The van der Waals surface area contributed by atoms with E-state index in [1.54, 1.807) is 18.2 Å². The fraction of sp³-hybridized carbons (Fsp3) is 0.417. The normalized spacial score (nSPS) is 21.4. The Hall–Kier alpha value is -1.25. The van der Waals surface area contributed by atoms with Crippen molar-refractivity contribution >= 4 is 27.1 Å². The highest BCUT2D eigenvalue weighted by atomic mass is 35.5. The van der Waals surface area contributed by atoms with E-state index in [2.05, 4.69) is 5.32 Å². The molecule has 6 heteroatoms. The molecular formula is C12H13ClN2O2S. The summed E-state index contributed by atoms with van der Waals surface area (Å²) in [4.78, 5) is 0. The van der Waals surface area contributed by atoms with Gasteiger partial charge < -0.3 is 5.32 Å². The zero-order valence-corrected chi connectivity index (χ0v) is 11.3. The van der Waals surface area contributed by atoms with Gasteiger partial charge in [-0.2, -0.15) is 5.26 Å². The number of sulfone groups is 1. The van der Waals surface area contributed by atoms with E-state index in [4.69, 9.17) is 16.9 Å². The van der Waals surface area contributed by atoms with E-state index in [9.17, 15) is 8.42 Å². The number of nitriles is 1. The number of anilines is 1. The molecule has 2 rings (SSSR count). The Morgan fingerprint density at radius 1 is 1.50 bits per heavy atom. The van der Waals surface area contributed by atoms with Gasteiger partial charge in [0.15, 0.2) is 9.84 Å². The van der Waals surface area contributed by atoms with Crippen molar-refractivity contribution in [2.24, 2.45) is 0 Å².